The summed E-state index contributed by atoms with van der Waals surface area (Å²) in [5.74, 6) is 0.643. The molecule has 0 unspecified atom stereocenters. The van der Waals surface area contributed by atoms with Crippen LogP contribution in [0.15, 0.2) is 59.2 Å². The highest BCUT2D eigenvalue weighted by molar-refractivity contribution is 9.10. The Kier molecular flexibility index (Phi) is 5.39. The predicted molar refractivity (Wildman–Crippen MR) is 110 cm³/mol. The standard InChI is InChI=1S/C22H20BrN3O2/c23-16-10-8-15(9-11-16)21(27)18-5-1-2-6-19(18)22(28)24-13-17-14-26-12-4-3-7-20(26)25-17/h1-2,5-6,8-11,14H,3-4,7,12-13H2,(H,24,28). The summed E-state index contributed by atoms with van der Waals surface area (Å²) in [7, 11) is 0. The van der Waals surface area contributed by atoms with Crippen molar-refractivity contribution in [1.82, 2.24) is 14.9 Å². The van der Waals surface area contributed by atoms with E-state index < -0.39 is 0 Å². The first-order valence-electron chi connectivity index (χ1n) is 9.34. The number of halogens is 1. The number of aryl methyl sites for hydroxylation is 2. The molecule has 3 aromatic rings. The van der Waals surface area contributed by atoms with Crippen LogP contribution in [0, 0.1) is 0 Å². The second-order valence-electron chi connectivity index (χ2n) is 6.86. The maximum Gasteiger partial charge on any atom is 0.252 e. The summed E-state index contributed by atoms with van der Waals surface area (Å²) in [5, 5.41) is 2.91. The van der Waals surface area contributed by atoms with Gasteiger partial charge in [-0.05, 0) is 43.2 Å². The van der Waals surface area contributed by atoms with Gasteiger partial charge in [0.25, 0.3) is 5.91 Å². The molecule has 0 aliphatic carbocycles. The van der Waals surface area contributed by atoms with Crippen LogP contribution in [0.3, 0.4) is 0 Å². The molecule has 6 heteroatoms. The van der Waals surface area contributed by atoms with Gasteiger partial charge in [0.2, 0.25) is 0 Å². The molecule has 1 amide bonds. The Morgan fingerprint density at radius 1 is 1.04 bits per heavy atom. The summed E-state index contributed by atoms with van der Waals surface area (Å²) in [6.45, 7) is 1.33. The molecule has 1 N–H and O–H groups in total. The molecule has 0 bridgehead atoms. The third kappa shape index (κ3) is 3.92. The monoisotopic (exact) mass is 437 g/mol. The first-order chi connectivity index (χ1) is 13.6. The van der Waals surface area contributed by atoms with Crippen molar-refractivity contribution >= 4 is 27.6 Å². The van der Waals surface area contributed by atoms with Crippen molar-refractivity contribution in [3.8, 4) is 0 Å². The van der Waals surface area contributed by atoms with Crippen LogP contribution >= 0.6 is 15.9 Å². The number of imidazole rings is 1. The highest BCUT2D eigenvalue weighted by Gasteiger charge is 2.19. The molecule has 2 aromatic carbocycles. The third-order valence-electron chi connectivity index (χ3n) is 4.91. The molecule has 0 fully saturated rings. The Bertz CT molecular complexity index is 1000. The van der Waals surface area contributed by atoms with Gasteiger partial charge in [0.15, 0.2) is 5.78 Å². The second-order valence-corrected chi connectivity index (χ2v) is 7.78. The molecule has 28 heavy (non-hydrogen) atoms. The molecule has 0 atom stereocenters. The van der Waals surface area contributed by atoms with Crippen molar-refractivity contribution in [2.24, 2.45) is 0 Å². The van der Waals surface area contributed by atoms with Crippen molar-refractivity contribution in [3.63, 3.8) is 0 Å². The van der Waals surface area contributed by atoms with Crippen LogP contribution in [0.4, 0.5) is 0 Å². The van der Waals surface area contributed by atoms with Crippen LogP contribution in [-0.2, 0) is 19.5 Å². The van der Waals surface area contributed by atoms with Gasteiger partial charge in [-0.1, -0.05) is 34.1 Å². The molecule has 2 heterocycles. The van der Waals surface area contributed by atoms with Crippen LogP contribution in [-0.4, -0.2) is 21.2 Å². The van der Waals surface area contributed by atoms with Crippen LogP contribution in [0.2, 0.25) is 0 Å². The summed E-state index contributed by atoms with van der Waals surface area (Å²) in [6.07, 6.45) is 5.32. The van der Waals surface area contributed by atoms with E-state index in [2.05, 4.69) is 30.8 Å². The van der Waals surface area contributed by atoms with Crippen molar-refractivity contribution in [3.05, 3.63) is 87.4 Å². The van der Waals surface area contributed by atoms with E-state index >= 15 is 0 Å². The summed E-state index contributed by atoms with van der Waals surface area (Å²) < 4.78 is 3.06. The fraction of sp³-hybridized carbons (Fsp3) is 0.227. The maximum absolute atomic E-state index is 12.9. The van der Waals surface area contributed by atoms with Gasteiger partial charge >= 0.3 is 0 Å². The molecule has 142 valence electrons. The second kappa shape index (κ2) is 8.10. The smallest absolute Gasteiger partial charge is 0.252 e. The average molecular weight is 438 g/mol. The lowest BCUT2D eigenvalue weighted by molar-refractivity contribution is 0.0939. The number of aromatic nitrogens is 2. The maximum atomic E-state index is 12.9. The molecule has 0 saturated heterocycles. The minimum atomic E-state index is -0.271. The number of nitrogens with one attached hydrogen (secondary N) is 1. The van der Waals surface area contributed by atoms with Gasteiger partial charge in [-0.2, -0.15) is 0 Å². The topological polar surface area (TPSA) is 64.0 Å². The summed E-state index contributed by atoms with van der Waals surface area (Å²) in [6, 6.07) is 14.0. The summed E-state index contributed by atoms with van der Waals surface area (Å²) in [5.41, 5.74) is 2.16. The molecule has 0 spiro atoms. The van der Waals surface area contributed by atoms with Gasteiger partial charge in [-0.15, -0.1) is 0 Å². The van der Waals surface area contributed by atoms with E-state index in [1.165, 1.54) is 6.42 Å². The van der Waals surface area contributed by atoms with Crippen molar-refractivity contribution in [2.75, 3.05) is 0 Å². The van der Waals surface area contributed by atoms with Gasteiger partial charge in [-0.25, -0.2) is 4.98 Å². The zero-order chi connectivity index (χ0) is 19.5. The van der Waals surface area contributed by atoms with Crippen molar-refractivity contribution in [2.45, 2.75) is 32.4 Å². The van der Waals surface area contributed by atoms with E-state index in [9.17, 15) is 9.59 Å². The number of hydrogen-bond donors (Lipinski definition) is 1. The van der Waals surface area contributed by atoms with Crippen LogP contribution in [0.5, 0.6) is 0 Å². The third-order valence-corrected chi connectivity index (χ3v) is 5.44. The first-order valence-corrected chi connectivity index (χ1v) is 10.1. The lowest BCUT2D eigenvalue weighted by Crippen LogP contribution is -2.25. The Morgan fingerprint density at radius 3 is 2.54 bits per heavy atom. The van der Waals surface area contributed by atoms with Gasteiger partial charge in [0.1, 0.15) is 5.82 Å². The Morgan fingerprint density at radius 2 is 1.79 bits per heavy atom. The number of nitrogens with zero attached hydrogens (tertiary/aromatic N) is 2. The molecule has 1 aliphatic rings. The van der Waals surface area contributed by atoms with E-state index in [1.807, 2.05) is 18.3 Å². The predicted octanol–water partition coefficient (Wildman–Crippen LogP) is 4.14. The fourth-order valence-electron chi connectivity index (χ4n) is 3.46. The number of fused-ring (bicyclic) bond motifs is 1. The van der Waals surface area contributed by atoms with E-state index in [0.717, 1.165) is 35.4 Å². The van der Waals surface area contributed by atoms with Crippen LogP contribution in [0.1, 0.15) is 50.6 Å². The minimum absolute atomic E-state index is 0.171. The normalized spacial score (nSPS) is 13.0. The number of carbonyl (C=O) groups is 2. The molecular formula is C22H20BrN3O2. The minimum Gasteiger partial charge on any atom is -0.346 e. The number of hydrogen-bond acceptors (Lipinski definition) is 3. The molecule has 5 nitrogen and oxygen atoms in total. The molecule has 4 rings (SSSR count). The Labute approximate surface area is 171 Å². The summed E-state index contributed by atoms with van der Waals surface area (Å²) in [4.78, 5) is 30.3. The van der Waals surface area contributed by atoms with E-state index in [1.54, 1.807) is 36.4 Å². The molecule has 0 radical (unpaired) electrons. The van der Waals surface area contributed by atoms with Crippen LogP contribution < -0.4 is 5.32 Å². The highest BCUT2D eigenvalue weighted by Crippen LogP contribution is 2.18. The number of rotatable bonds is 5. The zero-order valence-corrected chi connectivity index (χ0v) is 16.9. The van der Waals surface area contributed by atoms with E-state index in [4.69, 9.17) is 0 Å². The molecule has 1 aromatic heterocycles. The zero-order valence-electron chi connectivity index (χ0n) is 15.3. The average Bonchev–Trinajstić information content (AvgIpc) is 3.15. The highest BCUT2D eigenvalue weighted by atomic mass is 79.9. The van der Waals surface area contributed by atoms with Crippen molar-refractivity contribution < 1.29 is 9.59 Å². The largest absolute Gasteiger partial charge is 0.346 e. The number of amides is 1. The fourth-order valence-corrected chi connectivity index (χ4v) is 3.72. The number of ketones is 1. The first kappa shape index (κ1) is 18.6. The van der Waals surface area contributed by atoms with Gasteiger partial charge < -0.3 is 9.88 Å². The lowest BCUT2D eigenvalue weighted by Gasteiger charge is -2.11. The Balaban J connectivity index is 1.51. The van der Waals surface area contributed by atoms with Gasteiger partial charge in [0.05, 0.1) is 17.8 Å². The SMILES string of the molecule is O=C(NCc1cn2c(n1)CCCC2)c1ccccc1C(=O)c1ccc(Br)cc1. The van der Waals surface area contributed by atoms with Crippen LogP contribution in [0.25, 0.3) is 0 Å². The van der Waals surface area contributed by atoms with Crippen molar-refractivity contribution in [1.29, 1.82) is 0 Å². The Hall–Kier alpha value is -2.73. The van der Waals surface area contributed by atoms with E-state index in [0.29, 0.717) is 23.2 Å². The molecule has 0 saturated carbocycles. The summed E-state index contributed by atoms with van der Waals surface area (Å²) >= 11 is 3.37. The number of benzene rings is 2. The lowest BCUT2D eigenvalue weighted by atomic mass is 9.98. The van der Waals surface area contributed by atoms with Gasteiger partial charge in [0, 0.05) is 34.8 Å². The van der Waals surface area contributed by atoms with E-state index in [-0.39, 0.29) is 11.7 Å². The quantitative estimate of drug-likeness (QED) is 0.609. The van der Waals surface area contributed by atoms with Gasteiger partial charge in [-0.3, -0.25) is 9.59 Å². The number of carbonyl (C=O) groups excluding carboxylic acids is 2. The molecule has 1 aliphatic heterocycles. The molecular weight excluding hydrogens is 418 g/mol.